The van der Waals surface area contributed by atoms with Crippen molar-refractivity contribution in [2.45, 2.75) is 39.5 Å². The second-order valence-electron chi connectivity index (χ2n) is 6.47. The number of unbranched alkanes of at least 4 members (excludes halogenated alkanes) is 2. The molecule has 0 radical (unpaired) electrons. The van der Waals surface area contributed by atoms with Gasteiger partial charge in [-0.3, -0.25) is 10.1 Å². The van der Waals surface area contributed by atoms with Crippen LogP contribution in [0.3, 0.4) is 0 Å². The Labute approximate surface area is 156 Å². The topological polar surface area (TPSA) is 46.4 Å². The van der Waals surface area contributed by atoms with Crippen LogP contribution in [0.1, 0.15) is 50.7 Å². The lowest BCUT2D eigenvalue weighted by atomic mass is 10.1. The van der Waals surface area contributed by atoms with E-state index in [0.717, 1.165) is 30.6 Å². The molecule has 0 heterocycles. The minimum atomic E-state index is -0.380. The summed E-state index contributed by atoms with van der Waals surface area (Å²) >= 11 is 0. The molecule has 2 rings (SSSR count). The van der Waals surface area contributed by atoms with Crippen molar-refractivity contribution < 1.29 is 4.92 Å². The molecule has 0 fully saturated rings. The summed E-state index contributed by atoms with van der Waals surface area (Å²) < 4.78 is 0. The maximum absolute atomic E-state index is 10.7. The molecule has 4 heteroatoms. The molecule has 0 atom stereocenters. The summed E-state index contributed by atoms with van der Waals surface area (Å²) in [6, 6.07) is 15.2. The van der Waals surface area contributed by atoms with Gasteiger partial charge >= 0.3 is 0 Å². The van der Waals surface area contributed by atoms with E-state index in [0.29, 0.717) is 0 Å². The highest BCUT2D eigenvalue weighted by Crippen LogP contribution is 2.19. The molecular weight excluding hydrogens is 324 g/mol. The van der Waals surface area contributed by atoms with Crippen LogP contribution in [-0.4, -0.2) is 18.0 Å². The number of nitrogens with zero attached hydrogens (tertiary/aromatic N) is 2. The van der Waals surface area contributed by atoms with Gasteiger partial charge in [0.05, 0.1) is 4.92 Å². The third-order valence-corrected chi connectivity index (χ3v) is 4.36. The predicted octanol–water partition coefficient (Wildman–Crippen LogP) is 6.17. The van der Waals surface area contributed by atoms with E-state index < -0.39 is 0 Å². The highest BCUT2D eigenvalue weighted by Gasteiger charge is 2.05. The molecule has 26 heavy (non-hydrogen) atoms. The summed E-state index contributed by atoms with van der Waals surface area (Å²) in [4.78, 5) is 12.8. The molecule has 2 aromatic rings. The first-order valence-corrected chi connectivity index (χ1v) is 9.41. The number of rotatable bonds is 10. The zero-order chi connectivity index (χ0) is 18.8. The summed E-state index contributed by atoms with van der Waals surface area (Å²) in [5.74, 6) is 0. The monoisotopic (exact) mass is 352 g/mol. The lowest BCUT2D eigenvalue weighted by Crippen LogP contribution is -2.25. The quantitative estimate of drug-likeness (QED) is 0.222. The fourth-order valence-electron chi connectivity index (χ4n) is 2.89. The van der Waals surface area contributed by atoms with Gasteiger partial charge in [-0.25, -0.2) is 0 Å². The molecule has 0 amide bonds. The molecule has 0 N–H and O–H groups in total. The smallest absolute Gasteiger partial charge is 0.269 e. The number of non-ortho nitro benzene ring substituents is 1. The normalized spacial score (nSPS) is 11.0. The van der Waals surface area contributed by atoms with Crippen molar-refractivity contribution in [2.24, 2.45) is 0 Å². The van der Waals surface area contributed by atoms with Crippen LogP contribution in [0.2, 0.25) is 0 Å². The summed E-state index contributed by atoms with van der Waals surface area (Å²) in [5, 5.41) is 10.7. The van der Waals surface area contributed by atoms with Crippen molar-refractivity contribution in [1.82, 2.24) is 0 Å². The minimum Gasteiger partial charge on any atom is -0.372 e. The van der Waals surface area contributed by atoms with E-state index in [4.69, 9.17) is 0 Å². The predicted molar refractivity (Wildman–Crippen MR) is 110 cm³/mol. The molecule has 0 unspecified atom stereocenters. The number of hydrogen-bond donors (Lipinski definition) is 0. The number of hydrogen-bond acceptors (Lipinski definition) is 3. The number of anilines is 1. The number of nitro groups is 1. The highest BCUT2D eigenvalue weighted by molar-refractivity contribution is 5.71. The van der Waals surface area contributed by atoms with Gasteiger partial charge in [-0.15, -0.1) is 0 Å². The van der Waals surface area contributed by atoms with Crippen LogP contribution in [0.15, 0.2) is 48.5 Å². The van der Waals surface area contributed by atoms with Crippen LogP contribution in [0.4, 0.5) is 11.4 Å². The third-order valence-electron chi connectivity index (χ3n) is 4.36. The van der Waals surface area contributed by atoms with Gasteiger partial charge in [-0.2, -0.15) is 0 Å². The maximum Gasteiger partial charge on any atom is 0.269 e. The van der Waals surface area contributed by atoms with Gasteiger partial charge in [0.15, 0.2) is 0 Å². The molecule has 138 valence electrons. The number of benzene rings is 2. The first-order valence-electron chi connectivity index (χ1n) is 9.41. The molecule has 0 bridgehead atoms. The van der Waals surface area contributed by atoms with Crippen molar-refractivity contribution >= 4 is 23.5 Å². The zero-order valence-corrected chi connectivity index (χ0v) is 15.7. The lowest BCUT2D eigenvalue weighted by Gasteiger charge is -2.24. The van der Waals surface area contributed by atoms with Crippen LogP contribution in [-0.2, 0) is 0 Å². The van der Waals surface area contributed by atoms with E-state index in [2.05, 4.69) is 43.0 Å². The van der Waals surface area contributed by atoms with Crippen molar-refractivity contribution in [3.63, 3.8) is 0 Å². The molecule has 0 aliphatic heterocycles. The fraction of sp³-hybridized carbons (Fsp3) is 0.364. The van der Waals surface area contributed by atoms with Gasteiger partial charge in [-0.1, -0.05) is 51.0 Å². The Morgan fingerprint density at radius 3 is 1.92 bits per heavy atom. The molecule has 0 aromatic heterocycles. The van der Waals surface area contributed by atoms with Gasteiger partial charge in [0.25, 0.3) is 5.69 Å². The SMILES string of the molecule is CCCCCN(CCC)c1ccc(C=Cc2ccc([N+](=O)[O-])cc2)cc1. The van der Waals surface area contributed by atoms with Crippen LogP contribution >= 0.6 is 0 Å². The molecule has 2 aromatic carbocycles. The molecule has 0 aliphatic rings. The summed E-state index contributed by atoms with van der Waals surface area (Å²) in [7, 11) is 0. The van der Waals surface area contributed by atoms with Gasteiger partial charge in [0, 0.05) is 30.9 Å². The van der Waals surface area contributed by atoms with E-state index in [-0.39, 0.29) is 10.6 Å². The first-order chi connectivity index (χ1) is 12.6. The number of nitro benzene ring substituents is 1. The Hall–Kier alpha value is -2.62. The first kappa shape index (κ1) is 19.7. The molecular formula is C22H28N2O2. The van der Waals surface area contributed by atoms with E-state index in [1.165, 1.54) is 37.1 Å². The van der Waals surface area contributed by atoms with Crippen LogP contribution in [0.25, 0.3) is 12.2 Å². The van der Waals surface area contributed by atoms with Crippen molar-refractivity contribution in [3.8, 4) is 0 Å². The Kier molecular flexibility index (Phi) is 7.87. The van der Waals surface area contributed by atoms with Gasteiger partial charge in [0.2, 0.25) is 0 Å². The Balaban J connectivity index is 2.01. The Morgan fingerprint density at radius 1 is 0.846 bits per heavy atom. The van der Waals surface area contributed by atoms with Crippen LogP contribution in [0.5, 0.6) is 0 Å². The van der Waals surface area contributed by atoms with Crippen LogP contribution < -0.4 is 4.90 Å². The van der Waals surface area contributed by atoms with E-state index in [9.17, 15) is 10.1 Å². The summed E-state index contributed by atoms with van der Waals surface area (Å²) in [6.45, 7) is 6.64. The average Bonchev–Trinajstić information content (AvgIpc) is 2.66. The molecule has 0 aliphatic carbocycles. The highest BCUT2D eigenvalue weighted by atomic mass is 16.6. The average molecular weight is 352 g/mol. The van der Waals surface area contributed by atoms with Gasteiger partial charge in [-0.05, 0) is 48.2 Å². The molecule has 4 nitrogen and oxygen atoms in total. The van der Waals surface area contributed by atoms with E-state index in [1.807, 2.05) is 12.2 Å². The molecule has 0 saturated carbocycles. The van der Waals surface area contributed by atoms with Crippen molar-refractivity contribution in [1.29, 1.82) is 0 Å². The summed E-state index contributed by atoms with van der Waals surface area (Å²) in [6.07, 6.45) is 8.91. The van der Waals surface area contributed by atoms with Crippen molar-refractivity contribution in [2.75, 3.05) is 18.0 Å². The maximum atomic E-state index is 10.7. The fourth-order valence-corrected chi connectivity index (χ4v) is 2.89. The second-order valence-corrected chi connectivity index (χ2v) is 6.47. The Morgan fingerprint density at radius 2 is 1.42 bits per heavy atom. The van der Waals surface area contributed by atoms with Crippen molar-refractivity contribution in [3.05, 3.63) is 69.8 Å². The third kappa shape index (κ3) is 6.03. The molecule has 0 spiro atoms. The van der Waals surface area contributed by atoms with Crippen LogP contribution in [0, 0.1) is 10.1 Å². The largest absolute Gasteiger partial charge is 0.372 e. The van der Waals surface area contributed by atoms with Gasteiger partial charge in [0.1, 0.15) is 0 Å². The van der Waals surface area contributed by atoms with E-state index >= 15 is 0 Å². The lowest BCUT2D eigenvalue weighted by molar-refractivity contribution is -0.384. The minimum absolute atomic E-state index is 0.116. The zero-order valence-electron chi connectivity index (χ0n) is 15.7. The second kappa shape index (κ2) is 10.4. The standard InChI is InChI=1S/C22H28N2O2/c1-3-5-6-18-23(17-4-2)21-13-9-19(10-14-21)7-8-20-11-15-22(16-12-20)24(25)26/h7-16H,3-6,17-18H2,1-2H3. The Bertz CT molecular complexity index is 706. The molecule has 0 saturated heterocycles. The summed E-state index contributed by atoms with van der Waals surface area (Å²) in [5.41, 5.74) is 3.46. The van der Waals surface area contributed by atoms with Gasteiger partial charge < -0.3 is 4.90 Å². The van der Waals surface area contributed by atoms with E-state index in [1.54, 1.807) is 12.1 Å².